The molecule has 0 saturated heterocycles. The Balaban J connectivity index is -0.000000218. The zero-order valence-electron chi connectivity index (χ0n) is 22.5. The Kier molecular flexibility index (Phi) is 29.8. The molecule has 3 unspecified atom stereocenters. The van der Waals surface area contributed by atoms with Crippen LogP contribution in [0.1, 0.15) is 60.8 Å². The van der Waals surface area contributed by atoms with Crippen molar-refractivity contribution >= 4 is 17.3 Å². The zero-order chi connectivity index (χ0) is 28.7. The second-order valence-corrected chi connectivity index (χ2v) is 7.72. The van der Waals surface area contributed by atoms with Gasteiger partial charge in [-0.1, -0.05) is 20.8 Å². The van der Waals surface area contributed by atoms with E-state index >= 15 is 0 Å². The van der Waals surface area contributed by atoms with Gasteiger partial charge in [0.1, 0.15) is 0 Å². The predicted molar refractivity (Wildman–Crippen MR) is 137 cm³/mol. The van der Waals surface area contributed by atoms with Crippen molar-refractivity contribution in [2.75, 3.05) is 19.8 Å². The molecule has 12 nitrogen and oxygen atoms in total. The molecule has 0 rings (SSSR count). The number of ketones is 3. The average Bonchev–Trinajstić information content (AvgIpc) is 2.78. The van der Waals surface area contributed by atoms with Gasteiger partial charge in [-0.2, -0.15) is 0 Å². The second kappa shape index (κ2) is 26.5. The van der Waals surface area contributed by atoms with Crippen molar-refractivity contribution in [1.82, 2.24) is 16.0 Å². The fourth-order valence-electron chi connectivity index (χ4n) is 2.16. The van der Waals surface area contributed by atoms with E-state index in [2.05, 4.69) is 16.0 Å². The van der Waals surface area contributed by atoms with Gasteiger partial charge >= 0.3 is 0 Å². The molecular weight excluding hydrogens is 530 g/mol. The molecule has 13 heteroatoms. The average molecular weight is 575 g/mol. The molecule has 0 saturated carbocycles. The molecule has 0 aromatic heterocycles. The van der Waals surface area contributed by atoms with E-state index in [0.717, 1.165) is 18.2 Å². The van der Waals surface area contributed by atoms with Crippen molar-refractivity contribution < 1.29 is 62.1 Å². The van der Waals surface area contributed by atoms with Gasteiger partial charge < -0.3 is 46.6 Å². The van der Waals surface area contributed by atoms with E-state index in [1.54, 1.807) is 0 Å². The number of aliphatic hydroxyl groups excluding tert-OH is 6. The smallest absolute Gasteiger partial charge is 0.187 e. The van der Waals surface area contributed by atoms with Crippen molar-refractivity contribution in [3.05, 3.63) is 35.9 Å². The van der Waals surface area contributed by atoms with Crippen LogP contribution in [0.5, 0.6) is 0 Å². The normalized spacial score (nSPS) is 13.7. The molecule has 0 aromatic rings. The van der Waals surface area contributed by atoms with Gasteiger partial charge in [-0.3, -0.25) is 14.4 Å². The first kappa shape index (κ1) is 41.6. The van der Waals surface area contributed by atoms with Gasteiger partial charge in [0.05, 0.1) is 37.9 Å². The minimum atomic E-state index is -0.229. The second-order valence-electron chi connectivity index (χ2n) is 7.72. The summed E-state index contributed by atoms with van der Waals surface area (Å²) in [5.74, 6) is -1.26. The third kappa shape index (κ3) is 29.5. The standard InChI is InChI=1S/3C8H15NO3.Fe/c3*1-3-7(5-10)9-8(12)4-6(2)11;/h3*4,7,9-10,12H,3,5H2,1-2H3;. The largest absolute Gasteiger partial charge is 0.495 e. The van der Waals surface area contributed by atoms with E-state index in [1.807, 2.05) is 20.8 Å². The van der Waals surface area contributed by atoms with Crippen LogP contribution in [0.3, 0.4) is 0 Å². The maximum absolute atomic E-state index is 10.5. The molecule has 0 aliphatic heterocycles. The topological polar surface area (TPSA) is 209 Å². The molecule has 9 N–H and O–H groups in total. The summed E-state index contributed by atoms with van der Waals surface area (Å²) in [5.41, 5.74) is 0. The fourth-order valence-corrected chi connectivity index (χ4v) is 2.16. The third-order valence-electron chi connectivity index (χ3n) is 4.22. The third-order valence-corrected chi connectivity index (χ3v) is 4.22. The number of carbonyl (C=O) groups is 3. The molecule has 0 heterocycles. The molecule has 0 aromatic carbocycles. The molecule has 0 spiro atoms. The summed E-state index contributed by atoms with van der Waals surface area (Å²) in [4.78, 5) is 31.4. The summed E-state index contributed by atoms with van der Waals surface area (Å²) in [5, 5.41) is 61.2. The van der Waals surface area contributed by atoms with E-state index in [9.17, 15) is 14.4 Å². The number of nitrogens with one attached hydrogen (secondary N) is 3. The van der Waals surface area contributed by atoms with E-state index < -0.39 is 0 Å². The van der Waals surface area contributed by atoms with E-state index in [0.29, 0.717) is 19.3 Å². The van der Waals surface area contributed by atoms with Crippen molar-refractivity contribution in [2.45, 2.75) is 78.9 Å². The van der Waals surface area contributed by atoms with E-state index in [4.69, 9.17) is 30.6 Å². The van der Waals surface area contributed by atoms with E-state index in [1.165, 1.54) is 20.8 Å². The van der Waals surface area contributed by atoms with Crippen LogP contribution in [0, 0.1) is 0 Å². The van der Waals surface area contributed by atoms with Crippen LogP contribution in [0.25, 0.3) is 0 Å². The molecule has 0 aliphatic carbocycles. The van der Waals surface area contributed by atoms with Gasteiger partial charge in [-0.05, 0) is 40.0 Å². The van der Waals surface area contributed by atoms with Gasteiger partial charge in [0.25, 0.3) is 0 Å². The minimum absolute atomic E-state index is 0. The summed E-state index contributed by atoms with van der Waals surface area (Å²) in [6.07, 6.45) is 5.31. The molecule has 37 heavy (non-hydrogen) atoms. The Bertz CT molecular complexity index is 621. The quantitative estimate of drug-likeness (QED) is 0.0761. The van der Waals surface area contributed by atoms with Crippen molar-refractivity contribution in [1.29, 1.82) is 0 Å². The molecule has 0 amide bonds. The minimum Gasteiger partial charge on any atom is -0.495 e. The Hall–Kier alpha value is -2.57. The summed E-state index contributed by atoms with van der Waals surface area (Å²) in [6.45, 7) is 9.46. The van der Waals surface area contributed by atoms with E-state index in [-0.39, 0.29) is 90.0 Å². The summed E-state index contributed by atoms with van der Waals surface area (Å²) in [7, 11) is 0. The number of hydrogen-bond donors (Lipinski definition) is 9. The number of rotatable bonds is 15. The van der Waals surface area contributed by atoms with Gasteiger partial charge in [0.15, 0.2) is 35.0 Å². The predicted octanol–water partition coefficient (Wildman–Crippen LogP) is 1.00. The molecule has 3 atom stereocenters. The summed E-state index contributed by atoms with van der Waals surface area (Å²) in [6, 6.07) is -0.582. The van der Waals surface area contributed by atoms with Gasteiger partial charge in [0, 0.05) is 35.3 Å². The van der Waals surface area contributed by atoms with Crippen molar-refractivity contribution in [3.63, 3.8) is 0 Å². The van der Waals surface area contributed by atoms with Crippen LogP contribution in [-0.4, -0.2) is 85.9 Å². The number of aliphatic hydroxyl groups is 6. The van der Waals surface area contributed by atoms with Gasteiger partial charge in [-0.15, -0.1) is 0 Å². The maximum Gasteiger partial charge on any atom is 0.187 e. The van der Waals surface area contributed by atoms with Crippen molar-refractivity contribution in [3.8, 4) is 0 Å². The van der Waals surface area contributed by atoms with Crippen LogP contribution in [0.4, 0.5) is 0 Å². The first-order valence-electron chi connectivity index (χ1n) is 11.7. The first-order chi connectivity index (χ1) is 16.8. The molecule has 218 valence electrons. The molecular formula is C24H45FeN3O9. The molecule has 0 aliphatic rings. The van der Waals surface area contributed by atoms with Crippen LogP contribution in [0.2, 0.25) is 0 Å². The Morgan fingerprint density at radius 2 is 0.757 bits per heavy atom. The Morgan fingerprint density at radius 3 is 0.865 bits per heavy atom. The Labute approximate surface area is 230 Å². The molecule has 0 bridgehead atoms. The molecule has 0 fully saturated rings. The number of allylic oxidation sites excluding steroid dienone is 3. The maximum atomic E-state index is 10.5. The number of hydrogen-bond acceptors (Lipinski definition) is 12. The monoisotopic (exact) mass is 575 g/mol. The number of carbonyl (C=O) groups excluding carboxylic acids is 3. The van der Waals surface area contributed by atoms with Crippen LogP contribution in [-0.2, 0) is 31.5 Å². The van der Waals surface area contributed by atoms with Crippen LogP contribution in [0.15, 0.2) is 35.9 Å². The van der Waals surface area contributed by atoms with Gasteiger partial charge in [-0.25, -0.2) is 0 Å². The Morgan fingerprint density at radius 1 is 0.568 bits per heavy atom. The first-order valence-corrected chi connectivity index (χ1v) is 11.7. The van der Waals surface area contributed by atoms with Crippen molar-refractivity contribution in [2.24, 2.45) is 0 Å². The SMILES string of the molecule is CCC(CO)NC(O)=CC(C)=O.CCC(CO)NC(O)=CC(C)=O.CCC(CO)NC(O)=CC(C)=O.[Fe]. The molecule has 0 radical (unpaired) electrons. The fraction of sp³-hybridized carbons (Fsp3) is 0.625. The van der Waals surface area contributed by atoms with Crippen LogP contribution >= 0.6 is 0 Å². The summed E-state index contributed by atoms with van der Waals surface area (Å²) < 4.78 is 0. The van der Waals surface area contributed by atoms with Gasteiger partial charge in [0.2, 0.25) is 0 Å². The summed E-state index contributed by atoms with van der Waals surface area (Å²) >= 11 is 0. The zero-order valence-corrected chi connectivity index (χ0v) is 23.6. The van der Waals surface area contributed by atoms with Crippen LogP contribution < -0.4 is 16.0 Å².